The van der Waals surface area contributed by atoms with Gasteiger partial charge in [0.15, 0.2) is 5.17 Å². The maximum Gasteiger partial charge on any atom is 0.269 e. The van der Waals surface area contributed by atoms with Crippen molar-refractivity contribution in [1.29, 1.82) is 0 Å². The summed E-state index contributed by atoms with van der Waals surface area (Å²) in [4.78, 5) is 24.3. The number of carbonyl (C=O) groups is 1. The molecule has 0 spiro atoms. The van der Waals surface area contributed by atoms with Gasteiger partial charge >= 0.3 is 0 Å². The number of rotatable bonds is 5. The number of ether oxygens (including phenoxy) is 1. The van der Waals surface area contributed by atoms with Gasteiger partial charge in [0, 0.05) is 24.6 Å². The number of benzene rings is 3. The first-order valence-corrected chi connectivity index (χ1v) is 12.7. The van der Waals surface area contributed by atoms with Crippen molar-refractivity contribution in [3.63, 3.8) is 0 Å². The molecule has 172 valence electrons. The number of methoxy groups -OCH3 is 1. The number of fused-ring (bicyclic) bond motifs is 1. The van der Waals surface area contributed by atoms with Crippen molar-refractivity contribution in [2.24, 2.45) is 4.99 Å². The molecular formula is C27H25N3O2S2. The molecule has 0 aliphatic carbocycles. The van der Waals surface area contributed by atoms with Crippen molar-refractivity contribution in [3.8, 4) is 5.75 Å². The van der Waals surface area contributed by atoms with E-state index in [-0.39, 0.29) is 5.91 Å². The molecule has 1 saturated heterocycles. The van der Waals surface area contributed by atoms with Crippen LogP contribution in [-0.4, -0.2) is 36.7 Å². The minimum Gasteiger partial charge on any atom is -0.497 e. The molecule has 7 heteroatoms. The van der Waals surface area contributed by atoms with Crippen LogP contribution < -0.4 is 9.64 Å². The number of anilines is 1. The van der Waals surface area contributed by atoms with Crippen LogP contribution in [0.3, 0.4) is 0 Å². The fourth-order valence-electron chi connectivity index (χ4n) is 3.88. The van der Waals surface area contributed by atoms with Gasteiger partial charge < -0.3 is 9.64 Å². The van der Waals surface area contributed by atoms with Crippen LogP contribution in [0, 0.1) is 6.92 Å². The second-order valence-corrected chi connectivity index (χ2v) is 10.2. The molecule has 34 heavy (non-hydrogen) atoms. The summed E-state index contributed by atoms with van der Waals surface area (Å²) in [6.07, 6.45) is 0.767. The van der Waals surface area contributed by atoms with E-state index < -0.39 is 0 Å². The highest BCUT2D eigenvalue weighted by Gasteiger charge is 2.39. The molecule has 2 aliphatic heterocycles. The average Bonchev–Trinajstić information content (AvgIpc) is 3.35. The predicted molar refractivity (Wildman–Crippen MR) is 142 cm³/mol. The lowest BCUT2D eigenvalue weighted by Gasteiger charge is -2.17. The number of aryl methyl sites for hydroxylation is 1. The lowest BCUT2D eigenvalue weighted by molar-refractivity contribution is -0.122. The van der Waals surface area contributed by atoms with Gasteiger partial charge in [0.05, 0.1) is 23.5 Å². The number of amidine groups is 1. The molecule has 0 saturated carbocycles. The molecular weight excluding hydrogens is 462 g/mol. The maximum absolute atomic E-state index is 13.7. The average molecular weight is 488 g/mol. The molecule has 0 bridgehead atoms. The van der Waals surface area contributed by atoms with Crippen molar-refractivity contribution in [1.82, 2.24) is 4.90 Å². The van der Waals surface area contributed by atoms with E-state index in [4.69, 9.17) is 9.73 Å². The van der Waals surface area contributed by atoms with Crippen LogP contribution in [0.2, 0.25) is 0 Å². The smallest absolute Gasteiger partial charge is 0.269 e. The Kier molecular flexibility index (Phi) is 6.39. The summed E-state index contributed by atoms with van der Waals surface area (Å²) < 4.78 is 5.40. The van der Waals surface area contributed by atoms with E-state index in [1.54, 1.807) is 18.9 Å². The Labute approximate surface area is 208 Å². The molecule has 2 aliphatic rings. The Morgan fingerprint density at radius 2 is 1.74 bits per heavy atom. The van der Waals surface area contributed by atoms with Crippen LogP contribution in [0.15, 0.2) is 92.6 Å². The zero-order chi connectivity index (χ0) is 23.7. The minimum atomic E-state index is 0.000846. The zero-order valence-electron chi connectivity index (χ0n) is 19.3. The van der Waals surface area contributed by atoms with Crippen molar-refractivity contribution < 1.29 is 9.53 Å². The number of aliphatic imine (C=N–C) groups is 1. The molecule has 0 aromatic heterocycles. The summed E-state index contributed by atoms with van der Waals surface area (Å²) >= 11 is 3.07. The van der Waals surface area contributed by atoms with Crippen LogP contribution in [0.5, 0.6) is 5.75 Å². The maximum atomic E-state index is 13.7. The normalized spacial score (nSPS) is 18.7. The van der Waals surface area contributed by atoms with E-state index in [2.05, 4.69) is 24.0 Å². The molecule has 3 aromatic rings. The lowest BCUT2D eigenvalue weighted by Crippen LogP contribution is -2.31. The molecule has 1 amide bonds. The Morgan fingerprint density at radius 1 is 0.971 bits per heavy atom. The zero-order valence-corrected chi connectivity index (χ0v) is 21.0. The molecule has 0 unspecified atom stereocenters. The summed E-state index contributed by atoms with van der Waals surface area (Å²) in [6.45, 7) is 2.63. The number of amides is 1. The van der Waals surface area contributed by atoms with Gasteiger partial charge in [-0.25, -0.2) is 4.99 Å². The van der Waals surface area contributed by atoms with Gasteiger partial charge in [-0.15, -0.1) is 0 Å². The SMILES string of the molecule is COc1ccc2c(c1)N(C)/C(=C1/SC(=Nc3ccc(C)cc3)N(CCc3ccccc3)C1=O)S2. The van der Waals surface area contributed by atoms with Crippen molar-refractivity contribution in [3.05, 3.63) is 93.9 Å². The second-order valence-electron chi connectivity index (χ2n) is 8.15. The number of hydrogen-bond donors (Lipinski definition) is 0. The van der Waals surface area contributed by atoms with Crippen molar-refractivity contribution in [2.75, 3.05) is 25.6 Å². The van der Waals surface area contributed by atoms with E-state index in [1.165, 1.54) is 22.9 Å². The highest BCUT2D eigenvalue weighted by molar-refractivity contribution is 8.19. The summed E-state index contributed by atoms with van der Waals surface area (Å²) in [5.74, 6) is 0.801. The monoisotopic (exact) mass is 487 g/mol. The van der Waals surface area contributed by atoms with Gasteiger partial charge in [0.2, 0.25) is 0 Å². The van der Waals surface area contributed by atoms with Crippen molar-refractivity contribution >= 4 is 46.0 Å². The fourth-order valence-corrected chi connectivity index (χ4v) is 6.23. The van der Waals surface area contributed by atoms with E-state index in [0.717, 1.165) is 38.6 Å². The second kappa shape index (κ2) is 9.60. The largest absolute Gasteiger partial charge is 0.497 e. The molecule has 5 rings (SSSR count). The van der Waals surface area contributed by atoms with Gasteiger partial charge in [-0.1, -0.05) is 59.8 Å². The topological polar surface area (TPSA) is 45.1 Å². The van der Waals surface area contributed by atoms with Gasteiger partial charge in [0.25, 0.3) is 5.91 Å². The Morgan fingerprint density at radius 3 is 2.47 bits per heavy atom. The summed E-state index contributed by atoms with van der Waals surface area (Å²) in [7, 11) is 3.66. The number of hydrogen-bond acceptors (Lipinski definition) is 6. The van der Waals surface area contributed by atoms with E-state index in [1.807, 2.05) is 72.6 Å². The summed E-state index contributed by atoms with van der Waals surface area (Å²) in [6, 6.07) is 24.3. The predicted octanol–water partition coefficient (Wildman–Crippen LogP) is 6.22. The van der Waals surface area contributed by atoms with Crippen LogP contribution in [-0.2, 0) is 11.2 Å². The van der Waals surface area contributed by atoms with Crippen LogP contribution in [0.1, 0.15) is 11.1 Å². The summed E-state index contributed by atoms with van der Waals surface area (Å²) in [5, 5.41) is 1.65. The van der Waals surface area contributed by atoms with E-state index in [9.17, 15) is 4.79 Å². The highest BCUT2D eigenvalue weighted by atomic mass is 32.2. The van der Waals surface area contributed by atoms with E-state index in [0.29, 0.717) is 11.4 Å². The Hall–Kier alpha value is -3.16. The van der Waals surface area contributed by atoms with Gasteiger partial charge in [-0.2, -0.15) is 0 Å². The highest BCUT2D eigenvalue weighted by Crippen LogP contribution is 2.51. The lowest BCUT2D eigenvalue weighted by atomic mass is 10.1. The number of thioether (sulfide) groups is 2. The van der Waals surface area contributed by atoms with Crippen molar-refractivity contribution in [2.45, 2.75) is 18.2 Å². The van der Waals surface area contributed by atoms with Gasteiger partial charge in [0.1, 0.15) is 10.7 Å². The first kappa shape index (κ1) is 22.6. The molecule has 1 fully saturated rings. The Balaban J connectivity index is 1.49. The van der Waals surface area contributed by atoms with Crippen LogP contribution >= 0.6 is 23.5 Å². The number of carbonyl (C=O) groups excluding carboxylic acids is 1. The van der Waals surface area contributed by atoms with Gasteiger partial charge in [-0.3, -0.25) is 9.69 Å². The third kappa shape index (κ3) is 4.45. The van der Waals surface area contributed by atoms with E-state index >= 15 is 0 Å². The molecule has 0 radical (unpaired) electrons. The number of nitrogens with zero attached hydrogens (tertiary/aromatic N) is 3. The Bertz CT molecular complexity index is 1290. The first-order chi connectivity index (χ1) is 16.5. The fraction of sp³-hybridized carbons (Fsp3) is 0.185. The minimum absolute atomic E-state index is 0.000846. The third-order valence-electron chi connectivity index (χ3n) is 5.82. The van der Waals surface area contributed by atoms with Crippen LogP contribution in [0.25, 0.3) is 0 Å². The molecule has 0 N–H and O–H groups in total. The van der Waals surface area contributed by atoms with Gasteiger partial charge in [-0.05, 0) is 54.9 Å². The molecule has 0 atom stereocenters. The van der Waals surface area contributed by atoms with Crippen LogP contribution in [0.4, 0.5) is 11.4 Å². The first-order valence-electron chi connectivity index (χ1n) is 11.1. The standard InChI is InChI=1S/C27H25N3O2S2/c1-18-9-11-20(12-10-18)28-27-30(16-15-19-7-5-4-6-8-19)25(31)24(34-27)26-29(2)22-17-21(32-3)13-14-23(22)33-26/h4-14,17H,15-16H2,1-3H3/b26-24-,28-27?. The molecule has 5 nitrogen and oxygen atoms in total. The quantitative estimate of drug-likeness (QED) is 0.400. The third-order valence-corrected chi connectivity index (χ3v) is 8.25. The molecule has 3 aromatic carbocycles. The molecule has 2 heterocycles. The summed E-state index contributed by atoms with van der Waals surface area (Å²) in [5.41, 5.74) is 4.26.